The van der Waals surface area contributed by atoms with Gasteiger partial charge in [0.05, 0.1) is 22.3 Å². The number of pyridine rings is 1. The number of nitrogens with one attached hydrogen (secondary N) is 1. The number of nitriles is 1. The van der Waals surface area contributed by atoms with Crippen LogP contribution in [0, 0.1) is 11.3 Å². The molecule has 7 heteroatoms. The fourth-order valence-electron chi connectivity index (χ4n) is 3.97. The average Bonchev–Trinajstić information content (AvgIpc) is 3.15. The number of anilines is 2. The maximum atomic E-state index is 13.1. The smallest absolute Gasteiger partial charge is 0.259 e. The molecule has 154 valence electrons. The summed E-state index contributed by atoms with van der Waals surface area (Å²) in [4.78, 5) is 29.6. The van der Waals surface area contributed by atoms with Gasteiger partial charge in [0.1, 0.15) is 15.8 Å². The summed E-state index contributed by atoms with van der Waals surface area (Å²) in [6.07, 6.45) is 0. The van der Waals surface area contributed by atoms with E-state index in [9.17, 15) is 14.9 Å². The third-order valence-electron chi connectivity index (χ3n) is 5.47. The molecule has 0 aliphatic heterocycles. The molecular weight excluding hydrogens is 420 g/mol. The number of hydrogen-bond donors (Lipinski definition) is 3. The van der Waals surface area contributed by atoms with Gasteiger partial charge >= 0.3 is 0 Å². The lowest BCUT2D eigenvalue weighted by Crippen LogP contribution is -2.10. The van der Waals surface area contributed by atoms with Gasteiger partial charge in [-0.1, -0.05) is 60.7 Å². The fraction of sp³-hybridized carbons (Fsp3) is 0. The zero-order chi connectivity index (χ0) is 22.4. The van der Waals surface area contributed by atoms with Crippen molar-refractivity contribution in [1.82, 2.24) is 4.98 Å². The highest BCUT2D eigenvalue weighted by atomic mass is 32.1. The second kappa shape index (κ2) is 7.38. The maximum absolute atomic E-state index is 13.1. The topological polar surface area (TPSA) is 126 Å². The number of nitrogen functional groups attached to an aromatic ring is 2. The molecule has 32 heavy (non-hydrogen) atoms. The molecule has 0 spiro atoms. The lowest BCUT2D eigenvalue weighted by Gasteiger charge is -2.11. The van der Waals surface area contributed by atoms with Crippen molar-refractivity contribution in [2.75, 3.05) is 11.5 Å². The van der Waals surface area contributed by atoms with Gasteiger partial charge in [0.15, 0.2) is 0 Å². The molecule has 0 aliphatic carbocycles. The van der Waals surface area contributed by atoms with Gasteiger partial charge < -0.3 is 16.5 Å². The second-order valence-electron chi connectivity index (χ2n) is 7.31. The number of nitrogens with zero attached hydrogens (tertiary/aromatic N) is 1. The Labute approximate surface area is 186 Å². The van der Waals surface area contributed by atoms with Crippen molar-refractivity contribution in [3.8, 4) is 17.2 Å². The molecule has 5 N–H and O–H groups in total. The molecule has 3 aromatic carbocycles. The van der Waals surface area contributed by atoms with Crippen LogP contribution in [0.15, 0.2) is 71.5 Å². The Balaban J connectivity index is 1.88. The number of benzene rings is 3. The molecule has 2 heterocycles. The summed E-state index contributed by atoms with van der Waals surface area (Å²) in [6.45, 7) is 0. The van der Waals surface area contributed by atoms with Crippen LogP contribution in [0.5, 0.6) is 0 Å². The number of fused-ring (bicyclic) bond motifs is 3. The predicted molar refractivity (Wildman–Crippen MR) is 129 cm³/mol. The monoisotopic (exact) mass is 436 g/mol. The van der Waals surface area contributed by atoms with Crippen LogP contribution in [0.4, 0.5) is 11.4 Å². The summed E-state index contributed by atoms with van der Waals surface area (Å²) in [6, 6.07) is 22.1. The van der Waals surface area contributed by atoms with E-state index in [0.717, 1.165) is 16.9 Å². The van der Waals surface area contributed by atoms with Gasteiger partial charge in [-0.25, -0.2) is 0 Å². The van der Waals surface area contributed by atoms with Gasteiger partial charge in [-0.3, -0.25) is 9.59 Å². The van der Waals surface area contributed by atoms with Gasteiger partial charge in [0.25, 0.3) is 5.56 Å². The quantitative estimate of drug-likeness (QED) is 0.280. The van der Waals surface area contributed by atoms with E-state index in [1.165, 1.54) is 0 Å². The SMILES string of the molecule is N#Cc1c(-c2ccccc2)cc2c(c1N)c(=O)[nH]c1sc(C(=O)c3ccccc3)c(N)c12. The van der Waals surface area contributed by atoms with Crippen molar-refractivity contribution in [1.29, 1.82) is 5.26 Å². The van der Waals surface area contributed by atoms with Crippen LogP contribution >= 0.6 is 11.3 Å². The second-order valence-corrected chi connectivity index (χ2v) is 8.33. The number of aromatic nitrogens is 1. The highest BCUT2D eigenvalue weighted by Gasteiger charge is 2.23. The van der Waals surface area contributed by atoms with E-state index in [1.54, 1.807) is 30.3 Å². The van der Waals surface area contributed by atoms with E-state index in [4.69, 9.17) is 11.5 Å². The Hall–Kier alpha value is -4.41. The molecular formula is C25H16N4O2S. The van der Waals surface area contributed by atoms with E-state index in [2.05, 4.69) is 11.1 Å². The van der Waals surface area contributed by atoms with Crippen LogP contribution in [-0.2, 0) is 0 Å². The van der Waals surface area contributed by atoms with Gasteiger partial charge in [0, 0.05) is 21.9 Å². The Morgan fingerprint density at radius 2 is 1.59 bits per heavy atom. The number of nitrogens with two attached hydrogens (primary N) is 2. The summed E-state index contributed by atoms with van der Waals surface area (Å²) in [7, 11) is 0. The van der Waals surface area contributed by atoms with Crippen LogP contribution in [0.1, 0.15) is 20.8 Å². The minimum absolute atomic E-state index is 0.0912. The van der Waals surface area contributed by atoms with Crippen molar-refractivity contribution in [2.24, 2.45) is 0 Å². The molecule has 0 amide bonds. The first kappa shape index (κ1) is 19.5. The van der Waals surface area contributed by atoms with E-state index >= 15 is 0 Å². The number of aromatic amines is 1. The van der Waals surface area contributed by atoms with Crippen LogP contribution in [0.3, 0.4) is 0 Å². The minimum Gasteiger partial charge on any atom is -0.397 e. The highest BCUT2D eigenvalue weighted by Crippen LogP contribution is 2.41. The molecule has 0 atom stereocenters. The van der Waals surface area contributed by atoms with Crippen LogP contribution in [0.2, 0.25) is 0 Å². The molecule has 0 saturated heterocycles. The van der Waals surface area contributed by atoms with Crippen molar-refractivity contribution in [3.63, 3.8) is 0 Å². The largest absolute Gasteiger partial charge is 0.397 e. The van der Waals surface area contributed by atoms with Crippen molar-refractivity contribution < 1.29 is 4.79 Å². The summed E-state index contributed by atoms with van der Waals surface area (Å²) in [5.74, 6) is -0.219. The first-order valence-corrected chi connectivity index (χ1v) is 10.6. The van der Waals surface area contributed by atoms with Gasteiger partial charge in [-0.05, 0) is 11.6 Å². The van der Waals surface area contributed by atoms with E-state index < -0.39 is 5.56 Å². The van der Waals surface area contributed by atoms with Crippen molar-refractivity contribution in [2.45, 2.75) is 0 Å². The molecule has 5 aromatic rings. The molecule has 0 aliphatic rings. The number of rotatable bonds is 3. The van der Waals surface area contributed by atoms with Crippen LogP contribution < -0.4 is 17.0 Å². The standard InChI is InChI=1S/C25H16N4O2S/c26-12-17-15(13-7-3-1-4-8-13)11-16-18(20(17)27)24(31)29-25-19(16)21(28)23(32-25)22(30)14-9-5-2-6-10-14/h1-11H,27-28H2,(H,29,31). The van der Waals surface area contributed by atoms with Gasteiger partial charge in [0.2, 0.25) is 5.78 Å². The van der Waals surface area contributed by atoms with Crippen LogP contribution in [0.25, 0.3) is 32.1 Å². The average molecular weight is 436 g/mol. The highest BCUT2D eigenvalue weighted by molar-refractivity contribution is 7.21. The normalized spacial score (nSPS) is 11.0. The molecule has 0 radical (unpaired) electrons. The van der Waals surface area contributed by atoms with Crippen molar-refractivity contribution in [3.05, 3.63) is 93.1 Å². The number of carbonyl (C=O) groups is 1. The third-order valence-corrected chi connectivity index (χ3v) is 6.59. The van der Waals surface area contributed by atoms with Gasteiger partial charge in [-0.2, -0.15) is 5.26 Å². The molecule has 6 nitrogen and oxygen atoms in total. The Bertz CT molecular complexity index is 1630. The van der Waals surface area contributed by atoms with E-state index in [1.807, 2.05) is 36.4 Å². The number of H-pyrrole nitrogens is 1. The first-order chi connectivity index (χ1) is 15.5. The summed E-state index contributed by atoms with van der Waals surface area (Å²) >= 11 is 1.14. The summed E-state index contributed by atoms with van der Waals surface area (Å²) < 4.78 is 0. The zero-order valence-electron chi connectivity index (χ0n) is 16.7. The molecule has 0 saturated carbocycles. The Kier molecular flexibility index (Phi) is 4.51. The van der Waals surface area contributed by atoms with E-state index in [-0.39, 0.29) is 28.1 Å². The first-order valence-electron chi connectivity index (χ1n) is 9.77. The lowest BCUT2D eigenvalue weighted by atomic mass is 9.93. The van der Waals surface area contributed by atoms with Crippen LogP contribution in [-0.4, -0.2) is 10.8 Å². The summed E-state index contributed by atoms with van der Waals surface area (Å²) in [5.41, 5.74) is 14.9. The zero-order valence-corrected chi connectivity index (χ0v) is 17.5. The van der Waals surface area contributed by atoms with E-state index in [0.29, 0.717) is 31.6 Å². The third kappa shape index (κ3) is 2.86. The fourth-order valence-corrected chi connectivity index (χ4v) is 5.06. The summed E-state index contributed by atoms with van der Waals surface area (Å²) in [5, 5.41) is 11.0. The number of ketones is 1. The molecule has 5 rings (SSSR count). The maximum Gasteiger partial charge on any atom is 0.259 e. The number of thiophene rings is 1. The minimum atomic E-state index is -0.430. The predicted octanol–water partition coefficient (Wildman–Crippen LogP) is 4.68. The van der Waals surface area contributed by atoms with Gasteiger partial charge in [-0.15, -0.1) is 11.3 Å². The molecule has 0 fully saturated rings. The Morgan fingerprint density at radius 3 is 2.25 bits per heavy atom. The molecule has 0 unspecified atom stereocenters. The Morgan fingerprint density at radius 1 is 0.938 bits per heavy atom. The number of hydrogen-bond acceptors (Lipinski definition) is 6. The van der Waals surface area contributed by atoms with Crippen molar-refractivity contribution >= 4 is 49.5 Å². The molecule has 0 bridgehead atoms. The molecule has 2 aromatic heterocycles. The number of carbonyl (C=O) groups excluding carboxylic acids is 1. The lowest BCUT2D eigenvalue weighted by molar-refractivity contribution is 0.104.